The van der Waals surface area contributed by atoms with Crippen LogP contribution in [0.1, 0.15) is 25.7 Å². The van der Waals surface area contributed by atoms with Gasteiger partial charge < -0.3 is 10.8 Å². The Balaban J connectivity index is 2.62. The molecule has 1 aliphatic carbocycles. The van der Waals surface area contributed by atoms with Crippen molar-refractivity contribution >= 4 is 0 Å². The SMILES string of the molecule is NC1CCC(O)(C(F)(F)F)CC1. The van der Waals surface area contributed by atoms with E-state index in [1.165, 1.54) is 0 Å². The molecule has 1 rings (SSSR count). The van der Waals surface area contributed by atoms with Crippen LogP contribution in [-0.4, -0.2) is 22.9 Å². The first-order chi connectivity index (χ1) is 5.35. The highest BCUT2D eigenvalue weighted by molar-refractivity contribution is 4.92. The maximum absolute atomic E-state index is 12.2. The van der Waals surface area contributed by atoms with E-state index in [1.54, 1.807) is 0 Å². The zero-order chi connectivity index (χ0) is 9.41. The Labute approximate surface area is 68.6 Å². The number of halogens is 3. The van der Waals surface area contributed by atoms with Crippen LogP contribution in [0.4, 0.5) is 13.2 Å². The Kier molecular flexibility index (Phi) is 2.35. The van der Waals surface area contributed by atoms with Gasteiger partial charge in [-0.15, -0.1) is 0 Å². The van der Waals surface area contributed by atoms with Gasteiger partial charge in [0.05, 0.1) is 0 Å². The van der Waals surface area contributed by atoms with E-state index in [9.17, 15) is 13.2 Å². The summed E-state index contributed by atoms with van der Waals surface area (Å²) in [6.07, 6.45) is -4.55. The van der Waals surface area contributed by atoms with Gasteiger partial charge in [0, 0.05) is 6.04 Å². The Hall–Kier alpha value is -0.290. The fourth-order valence-electron chi connectivity index (χ4n) is 1.40. The average Bonchev–Trinajstić information content (AvgIpc) is 1.93. The molecule has 1 saturated carbocycles. The summed E-state index contributed by atoms with van der Waals surface area (Å²) in [5.41, 5.74) is 2.94. The molecule has 0 unspecified atom stereocenters. The van der Waals surface area contributed by atoms with Gasteiger partial charge in [-0.1, -0.05) is 0 Å². The molecule has 3 N–H and O–H groups in total. The Morgan fingerprint density at radius 2 is 1.67 bits per heavy atom. The van der Waals surface area contributed by atoms with Gasteiger partial charge in [0.2, 0.25) is 0 Å². The lowest BCUT2D eigenvalue weighted by Crippen LogP contribution is -2.49. The van der Waals surface area contributed by atoms with Crippen LogP contribution >= 0.6 is 0 Å². The molecule has 1 aliphatic rings. The quantitative estimate of drug-likeness (QED) is 0.592. The lowest BCUT2D eigenvalue weighted by molar-refractivity contribution is -0.270. The number of hydrogen-bond acceptors (Lipinski definition) is 2. The van der Waals surface area contributed by atoms with Crippen molar-refractivity contribution in [2.24, 2.45) is 5.73 Å². The molecule has 0 heterocycles. The Bertz CT molecular complexity index is 161. The first-order valence-corrected chi connectivity index (χ1v) is 3.90. The van der Waals surface area contributed by atoms with E-state index < -0.39 is 11.8 Å². The summed E-state index contributed by atoms with van der Waals surface area (Å²) < 4.78 is 36.5. The topological polar surface area (TPSA) is 46.2 Å². The van der Waals surface area contributed by atoms with Crippen molar-refractivity contribution < 1.29 is 18.3 Å². The summed E-state index contributed by atoms with van der Waals surface area (Å²) in [4.78, 5) is 0. The van der Waals surface area contributed by atoms with Crippen LogP contribution in [0.15, 0.2) is 0 Å². The summed E-state index contributed by atoms with van der Waals surface area (Å²) in [5.74, 6) is 0. The summed E-state index contributed by atoms with van der Waals surface area (Å²) in [7, 11) is 0. The molecule has 0 atom stereocenters. The molecule has 2 nitrogen and oxygen atoms in total. The molecule has 5 heteroatoms. The van der Waals surface area contributed by atoms with Crippen LogP contribution in [0.2, 0.25) is 0 Å². The van der Waals surface area contributed by atoms with Gasteiger partial charge in [-0.05, 0) is 25.7 Å². The monoisotopic (exact) mass is 183 g/mol. The second-order valence-electron chi connectivity index (χ2n) is 3.37. The van der Waals surface area contributed by atoms with Crippen LogP contribution in [0.5, 0.6) is 0 Å². The standard InChI is InChI=1S/C7H12F3NO/c8-7(9,10)6(12)3-1-5(11)2-4-6/h5,12H,1-4,11H2. The maximum atomic E-state index is 12.2. The minimum absolute atomic E-state index is 0.187. The van der Waals surface area contributed by atoms with Crippen molar-refractivity contribution in [1.82, 2.24) is 0 Å². The normalized spacial score (nSPS) is 38.2. The first-order valence-electron chi connectivity index (χ1n) is 3.90. The zero-order valence-corrected chi connectivity index (χ0v) is 6.56. The number of hydrogen-bond donors (Lipinski definition) is 2. The third-order valence-corrected chi connectivity index (χ3v) is 2.39. The van der Waals surface area contributed by atoms with Gasteiger partial charge in [-0.2, -0.15) is 13.2 Å². The van der Waals surface area contributed by atoms with E-state index in [0.717, 1.165) is 0 Å². The van der Waals surface area contributed by atoms with E-state index in [2.05, 4.69) is 0 Å². The van der Waals surface area contributed by atoms with Gasteiger partial charge in [-0.25, -0.2) is 0 Å². The largest absolute Gasteiger partial charge is 0.417 e. The zero-order valence-electron chi connectivity index (χ0n) is 6.56. The molecule has 0 saturated heterocycles. The van der Waals surface area contributed by atoms with Crippen molar-refractivity contribution in [2.45, 2.75) is 43.5 Å². The molecule has 0 aromatic carbocycles. The van der Waals surface area contributed by atoms with Crippen molar-refractivity contribution in [2.75, 3.05) is 0 Å². The van der Waals surface area contributed by atoms with E-state index in [1.807, 2.05) is 0 Å². The maximum Gasteiger partial charge on any atom is 0.417 e. The smallest absolute Gasteiger partial charge is 0.380 e. The third-order valence-electron chi connectivity index (χ3n) is 2.39. The molecule has 0 radical (unpaired) electrons. The molecule has 12 heavy (non-hydrogen) atoms. The van der Waals surface area contributed by atoms with Crippen LogP contribution in [0, 0.1) is 0 Å². The van der Waals surface area contributed by atoms with E-state index in [4.69, 9.17) is 10.8 Å². The van der Waals surface area contributed by atoms with Crippen LogP contribution in [0.3, 0.4) is 0 Å². The first kappa shape index (κ1) is 9.80. The predicted molar refractivity (Wildman–Crippen MR) is 37.4 cm³/mol. The highest BCUT2D eigenvalue weighted by Gasteiger charge is 2.54. The van der Waals surface area contributed by atoms with Crippen molar-refractivity contribution in [3.63, 3.8) is 0 Å². The number of aliphatic hydroxyl groups is 1. The van der Waals surface area contributed by atoms with E-state index in [0.29, 0.717) is 0 Å². The molecule has 0 bridgehead atoms. The minimum atomic E-state index is -4.51. The van der Waals surface area contributed by atoms with Crippen molar-refractivity contribution in [1.29, 1.82) is 0 Å². The number of nitrogens with two attached hydrogens (primary N) is 1. The van der Waals surface area contributed by atoms with Crippen LogP contribution in [0.25, 0.3) is 0 Å². The molecular weight excluding hydrogens is 171 g/mol. The summed E-state index contributed by atoms with van der Waals surface area (Å²) in [6.45, 7) is 0. The van der Waals surface area contributed by atoms with Crippen LogP contribution < -0.4 is 5.73 Å². The molecule has 0 spiro atoms. The highest BCUT2D eigenvalue weighted by Crippen LogP contribution is 2.40. The summed E-state index contributed by atoms with van der Waals surface area (Å²) >= 11 is 0. The molecule has 0 amide bonds. The molecule has 0 aromatic rings. The summed E-state index contributed by atoms with van der Waals surface area (Å²) in [5, 5.41) is 9.14. The lowest BCUT2D eigenvalue weighted by atomic mass is 9.82. The fourth-order valence-corrected chi connectivity index (χ4v) is 1.40. The van der Waals surface area contributed by atoms with E-state index >= 15 is 0 Å². The fraction of sp³-hybridized carbons (Fsp3) is 1.00. The highest BCUT2D eigenvalue weighted by atomic mass is 19.4. The molecule has 0 aliphatic heterocycles. The van der Waals surface area contributed by atoms with Gasteiger partial charge in [0.15, 0.2) is 5.60 Å². The van der Waals surface area contributed by atoms with E-state index in [-0.39, 0.29) is 31.7 Å². The average molecular weight is 183 g/mol. The van der Waals surface area contributed by atoms with Crippen molar-refractivity contribution in [3.8, 4) is 0 Å². The molecular formula is C7H12F3NO. The van der Waals surface area contributed by atoms with Gasteiger partial charge in [0.1, 0.15) is 0 Å². The third kappa shape index (κ3) is 1.72. The molecule has 72 valence electrons. The molecule has 0 aromatic heterocycles. The van der Waals surface area contributed by atoms with Gasteiger partial charge >= 0.3 is 6.18 Å². The van der Waals surface area contributed by atoms with Crippen molar-refractivity contribution in [3.05, 3.63) is 0 Å². The summed E-state index contributed by atoms with van der Waals surface area (Å²) in [6, 6.07) is -0.187. The number of rotatable bonds is 0. The van der Waals surface area contributed by atoms with Crippen LogP contribution in [-0.2, 0) is 0 Å². The second kappa shape index (κ2) is 2.88. The minimum Gasteiger partial charge on any atom is -0.380 e. The van der Waals surface area contributed by atoms with Gasteiger partial charge in [-0.3, -0.25) is 0 Å². The molecule has 1 fully saturated rings. The Morgan fingerprint density at radius 3 is 2.00 bits per heavy atom. The number of alkyl halides is 3. The lowest BCUT2D eigenvalue weighted by Gasteiger charge is -2.35. The Morgan fingerprint density at radius 1 is 1.25 bits per heavy atom. The van der Waals surface area contributed by atoms with Gasteiger partial charge in [0.25, 0.3) is 0 Å². The second-order valence-corrected chi connectivity index (χ2v) is 3.37. The predicted octanol–water partition coefficient (Wildman–Crippen LogP) is 1.18.